The molecule has 1 saturated carbocycles. The van der Waals surface area contributed by atoms with E-state index >= 15 is 0 Å². The summed E-state index contributed by atoms with van der Waals surface area (Å²) in [6, 6.07) is 3.66. The van der Waals surface area contributed by atoms with Gasteiger partial charge in [0, 0.05) is 10.5 Å². The maximum atomic E-state index is 12.7. The lowest BCUT2D eigenvalue weighted by Crippen LogP contribution is -2.20. The molecule has 108 valence electrons. The SMILES string of the molecule is Cl.N[C@H](c1cc(Br)cc(C(F)(F)F)c1)C1CCCC1. The molecule has 0 bridgehead atoms. The smallest absolute Gasteiger partial charge is 0.324 e. The Hall–Kier alpha value is -0.260. The van der Waals surface area contributed by atoms with E-state index in [1.807, 2.05) is 0 Å². The van der Waals surface area contributed by atoms with Crippen LogP contribution < -0.4 is 5.73 Å². The molecule has 2 N–H and O–H groups in total. The molecule has 1 aromatic carbocycles. The van der Waals surface area contributed by atoms with E-state index in [1.165, 1.54) is 6.07 Å². The van der Waals surface area contributed by atoms with Crippen molar-refractivity contribution < 1.29 is 13.2 Å². The van der Waals surface area contributed by atoms with Crippen molar-refractivity contribution >= 4 is 28.3 Å². The molecule has 1 fully saturated rings. The Morgan fingerprint density at radius 3 is 2.26 bits per heavy atom. The van der Waals surface area contributed by atoms with Crippen LogP contribution in [-0.2, 0) is 6.18 Å². The second-order valence-corrected chi connectivity index (χ2v) is 5.76. The van der Waals surface area contributed by atoms with Crippen LogP contribution >= 0.6 is 28.3 Å². The number of benzene rings is 1. The van der Waals surface area contributed by atoms with Gasteiger partial charge in [-0.2, -0.15) is 13.2 Å². The maximum Gasteiger partial charge on any atom is 0.416 e. The molecule has 2 rings (SSSR count). The average molecular weight is 359 g/mol. The van der Waals surface area contributed by atoms with Crippen LogP contribution in [-0.4, -0.2) is 0 Å². The van der Waals surface area contributed by atoms with Gasteiger partial charge in [-0.25, -0.2) is 0 Å². The Labute approximate surface area is 125 Å². The molecule has 1 nitrogen and oxygen atoms in total. The number of alkyl halides is 3. The van der Waals surface area contributed by atoms with E-state index in [2.05, 4.69) is 15.9 Å². The minimum absolute atomic E-state index is 0. The van der Waals surface area contributed by atoms with Gasteiger partial charge in [0.1, 0.15) is 0 Å². The third-order valence-electron chi connectivity index (χ3n) is 3.54. The van der Waals surface area contributed by atoms with Gasteiger partial charge in [-0.05, 0) is 42.5 Å². The first-order chi connectivity index (χ1) is 8.38. The van der Waals surface area contributed by atoms with Crippen LogP contribution in [0.5, 0.6) is 0 Å². The van der Waals surface area contributed by atoms with Crippen molar-refractivity contribution in [2.45, 2.75) is 37.9 Å². The normalized spacial score (nSPS) is 18.2. The molecule has 0 saturated heterocycles. The summed E-state index contributed by atoms with van der Waals surface area (Å²) in [4.78, 5) is 0. The Bertz CT molecular complexity index is 430. The molecule has 0 amide bonds. The van der Waals surface area contributed by atoms with E-state index in [0.717, 1.165) is 31.7 Å². The summed E-state index contributed by atoms with van der Waals surface area (Å²) < 4.78 is 38.6. The number of hydrogen-bond donors (Lipinski definition) is 1. The molecular weight excluding hydrogens is 343 g/mol. The molecule has 1 aliphatic rings. The van der Waals surface area contributed by atoms with Gasteiger partial charge in [0.05, 0.1) is 5.56 Å². The van der Waals surface area contributed by atoms with Crippen LogP contribution in [0.15, 0.2) is 22.7 Å². The van der Waals surface area contributed by atoms with Crippen LogP contribution in [0.25, 0.3) is 0 Å². The van der Waals surface area contributed by atoms with Gasteiger partial charge < -0.3 is 5.73 Å². The fourth-order valence-corrected chi connectivity index (χ4v) is 3.07. The zero-order valence-electron chi connectivity index (χ0n) is 10.2. The Kier molecular flexibility index (Phi) is 5.71. The number of rotatable bonds is 2. The summed E-state index contributed by atoms with van der Waals surface area (Å²) in [5, 5.41) is 0. The van der Waals surface area contributed by atoms with Gasteiger partial charge in [0.25, 0.3) is 0 Å². The zero-order valence-corrected chi connectivity index (χ0v) is 12.6. The predicted octanol–water partition coefficient (Wildman–Crippen LogP) is 5.08. The third-order valence-corrected chi connectivity index (χ3v) is 4.00. The molecule has 1 aliphatic carbocycles. The minimum atomic E-state index is -4.33. The van der Waals surface area contributed by atoms with Gasteiger partial charge in [0.15, 0.2) is 0 Å². The summed E-state index contributed by atoms with van der Waals surface area (Å²) in [6.45, 7) is 0. The van der Waals surface area contributed by atoms with Crippen molar-refractivity contribution in [3.05, 3.63) is 33.8 Å². The second-order valence-electron chi connectivity index (χ2n) is 4.84. The van der Waals surface area contributed by atoms with Gasteiger partial charge >= 0.3 is 6.18 Å². The molecule has 0 unspecified atom stereocenters. The molecule has 6 heteroatoms. The lowest BCUT2D eigenvalue weighted by atomic mass is 9.91. The van der Waals surface area contributed by atoms with E-state index in [4.69, 9.17) is 5.73 Å². The van der Waals surface area contributed by atoms with Crippen molar-refractivity contribution in [3.63, 3.8) is 0 Å². The van der Waals surface area contributed by atoms with E-state index in [9.17, 15) is 13.2 Å². The first-order valence-corrected chi connectivity index (χ1v) is 6.80. The first-order valence-electron chi connectivity index (χ1n) is 6.01. The molecule has 0 heterocycles. The van der Waals surface area contributed by atoms with Crippen LogP contribution in [0.4, 0.5) is 13.2 Å². The quantitative estimate of drug-likeness (QED) is 0.784. The largest absolute Gasteiger partial charge is 0.416 e. The Morgan fingerprint density at radius 1 is 1.16 bits per heavy atom. The highest BCUT2D eigenvalue weighted by Crippen LogP contribution is 2.38. The van der Waals surface area contributed by atoms with Gasteiger partial charge in [-0.3, -0.25) is 0 Å². The number of hydrogen-bond acceptors (Lipinski definition) is 1. The average Bonchev–Trinajstić information content (AvgIpc) is 2.79. The van der Waals surface area contributed by atoms with Crippen molar-refractivity contribution in [2.75, 3.05) is 0 Å². The Morgan fingerprint density at radius 2 is 1.74 bits per heavy atom. The standard InChI is InChI=1S/C13H15BrF3N.ClH/c14-11-6-9(5-10(7-11)13(15,16)17)12(18)8-3-1-2-4-8;/h5-8,12H,1-4,18H2;1H/t12-;/m0./s1. The molecule has 0 radical (unpaired) electrons. The summed E-state index contributed by atoms with van der Waals surface area (Å²) >= 11 is 3.13. The number of nitrogens with two attached hydrogens (primary N) is 1. The fourth-order valence-electron chi connectivity index (χ4n) is 2.56. The van der Waals surface area contributed by atoms with Crippen LogP contribution in [0.2, 0.25) is 0 Å². The topological polar surface area (TPSA) is 26.0 Å². The number of halogens is 5. The predicted molar refractivity (Wildman–Crippen MR) is 75.3 cm³/mol. The first kappa shape index (κ1) is 16.8. The maximum absolute atomic E-state index is 12.7. The molecule has 1 atom stereocenters. The van der Waals surface area contributed by atoms with Crippen LogP contribution in [0, 0.1) is 5.92 Å². The minimum Gasteiger partial charge on any atom is -0.324 e. The lowest BCUT2D eigenvalue weighted by Gasteiger charge is -2.20. The van der Waals surface area contributed by atoms with Crippen molar-refractivity contribution in [1.82, 2.24) is 0 Å². The van der Waals surface area contributed by atoms with Crippen molar-refractivity contribution in [1.29, 1.82) is 0 Å². The van der Waals surface area contributed by atoms with E-state index in [-0.39, 0.29) is 18.4 Å². The van der Waals surface area contributed by atoms with Crippen LogP contribution in [0.1, 0.15) is 42.9 Å². The molecule has 0 aromatic heterocycles. The van der Waals surface area contributed by atoms with Crippen molar-refractivity contribution in [2.24, 2.45) is 11.7 Å². The van der Waals surface area contributed by atoms with E-state index in [1.54, 1.807) is 6.07 Å². The van der Waals surface area contributed by atoms with Gasteiger partial charge in [-0.15, -0.1) is 12.4 Å². The fraction of sp³-hybridized carbons (Fsp3) is 0.538. The van der Waals surface area contributed by atoms with Crippen molar-refractivity contribution in [3.8, 4) is 0 Å². The highest BCUT2D eigenvalue weighted by molar-refractivity contribution is 9.10. The van der Waals surface area contributed by atoms with E-state index < -0.39 is 11.7 Å². The highest BCUT2D eigenvalue weighted by atomic mass is 79.9. The second kappa shape index (κ2) is 6.46. The van der Waals surface area contributed by atoms with Crippen LogP contribution in [0.3, 0.4) is 0 Å². The monoisotopic (exact) mass is 357 g/mol. The molecule has 19 heavy (non-hydrogen) atoms. The zero-order chi connectivity index (χ0) is 13.3. The van der Waals surface area contributed by atoms with Gasteiger partial charge in [-0.1, -0.05) is 28.8 Å². The summed E-state index contributed by atoms with van der Waals surface area (Å²) in [5.41, 5.74) is 6.03. The lowest BCUT2D eigenvalue weighted by molar-refractivity contribution is -0.137. The van der Waals surface area contributed by atoms with E-state index in [0.29, 0.717) is 16.0 Å². The molecule has 1 aromatic rings. The third kappa shape index (κ3) is 4.10. The highest BCUT2D eigenvalue weighted by Gasteiger charge is 2.32. The molecule has 0 spiro atoms. The summed E-state index contributed by atoms with van der Waals surface area (Å²) in [7, 11) is 0. The van der Waals surface area contributed by atoms with Gasteiger partial charge in [0.2, 0.25) is 0 Å². The Balaban J connectivity index is 0.00000180. The summed E-state index contributed by atoms with van der Waals surface area (Å²) in [5.74, 6) is 0.306. The molecular formula is C13H16BrClF3N. The molecule has 0 aliphatic heterocycles. The summed E-state index contributed by atoms with van der Waals surface area (Å²) in [6.07, 6.45) is -0.0605.